The SMILES string of the molecule is COCCc1ccc(OCC(O)CNC(=O)OCc2ccccc2)cc1. The highest BCUT2D eigenvalue weighted by molar-refractivity contribution is 5.67. The van der Waals surface area contributed by atoms with Gasteiger partial charge in [-0.3, -0.25) is 0 Å². The maximum atomic E-state index is 11.6. The van der Waals surface area contributed by atoms with Gasteiger partial charge in [0.1, 0.15) is 25.1 Å². The predicted molar refractivity (Wildman–Crippen MR) is 98.2 cm³/mol. The number of rotatable bonds is 10. The average molecular weight is 359 g/mol. The molecule has 0 fully saturated rings. The molecule has 0 aliphatic carbocycles. The normalized spacial score (nSPS) is 11.6. The first kappa shape index (κ1) is 19.8. The highest BCUT2D eigenvalue weighted by Gasteiger charge is 2.09. The van der Waals surface area contributed by atoms with Crippen LogP contribution >= 0.6 is 0 Å². The Kier molecular flexibility index (Phi) is 8.45. The van der Waals surface area contributed by atoms with Gasteiger partial charge in [-0.25, -0.2) is 4.79 Å². The number of carbonyl (C=O) groups excluding carboxylic acids is 1. The van der Waals surface area contributed by atoms with Crippen LogP contribution in [0.3, 0.4) is 0 Å². The van der Waals surface area contributed by atoms with E-state index in [-0.39, 0.29) is 19.8 Å². The Morgan fingerprint density at radius 3 is 2.50 bits per heavy atom. The Balaban J connectivity index is 1.62. The second-order valence-corrected chi connectivity index (χ2v) is 5.79. The maximum absolute atomic E-state index is 11.6. The topological polar surface area (TPSA) is 77.0 Å². The molecule has 140 valence electrons. The Labute approximate surface area is 153 Å². The highest BCUT2D eigenvalue weighted by atomic mass is 16.5. The fourth-order valence-corrected chi connectivity index (χ4v) is 2.20. The number of benzene rings is 2. The molecule has 1 amide bonds. The van der Waals surface area contributed by atoms with Gasteiger partial charge < -0.3 is 24.6 Å². The van der Waals surface area contributed by atoms with Crippen molar-refractivity contribution in [3.05, 3.63) is 65.7 Å². The predicted octanol–water partition coefficient (Wildman–Crippen LogP) is 2.54. The molecule has 0 bridgehead atoms. The average Bonchev–Trinajstić information content (AvgIpc) is 2.69. The minimum Gasteiger partial charge on any atom is -0.491 e. The van der Waals surface area contributed by atoms with Crippen LogP contribution in [-0.2, 0) is 22.5 Å². The number of hydrogen-bond acceptors (Lipinski definition) is 5. The lowest BCUT2D eigenvalue weighted by molar-refractivity contribution is 0.0965. The molecule has 2 rings (SSSR count). The van der Waals surface area contributed by atoms with Crippen LogP contribution in [0, 0.1) is 0 Å². The zero-order valence-corrected chi connectivity index (χ0v) is 14.9. The van der Waals surface area contributed by atoms with Crippen molar-refractivity contribution in [2.75, 3.05) is 26.9 Å². The summed E-state index contributed by atoms with van der Waals surface area (Å²) in [5, 5.41) is 12.4. The van der Waals surface area contributed by atoms with E-state index in [1.165, 1.54) is 0 Å². The molecule has 0 radical (unpaired) electrons. The minimum atomic E-state index is -0.826. The number of aliphatic hydroxyl groups is 1. The van der Waals surface area contributed by atoms with Crippen molar-refractivity contribution in [1.82, 2.24) is 5.32 Å². The van der Waals surface area contributed by atoms with Crippen LogP contribution in [0.25, 0.3) is 0 Å². The van der Waals surface area contributed by atoms with E-state index >= 15 is 0 Å². The number of carbonyl (C=O) groups is 1. The van der Waals surface area contributed by atoms with Crippen molar-refractivity contribution < 1.29 is 24.1 Å². The summed E-state index contributed by atoms with van der Waals surface area (Å²) in [4.78, 5) is 11.6. The lowest BCUT2D eigenvalue weighted by Gasteiger charge is -2.14. The third kappa shape index (κ3) is 7.55. The molecular formula is C20H25NO5. The number of amides is 1. The van der Waals surface area contributed by atoms with E-state index in [0.717, 1.165) is 17.5 Å². The standard InChI is InChI=1S/C20H25NO5/c1-24-12-11-16-7-9-19(10-8-16)25-15-18(22)13-21-20(23)26-14-17-5-3-2-4-6-17/h2-10,18,22H,11-15H2,1H3,(H,21,23). The van der Waals surface area contributed by atoms with E-state index in [1.807, 2.05) is 54.6 Å². The Morgan fingerprint density at radius 2 is 1.81 bits per heavy atom. The van der Waals surface area contributed by atoms with Gasteiger partial charge in [-0.2, -0.15) is 0 Å². The summed E-state index contributed by atoms with van der Waals surface area (Å²) in [5.41, 5.74) is 2.06. The van der Waals surface area contributed by atoms with Crippen molar-refractivity contribution in [2.24, 2.45) is 0 Å². The van der Waals surface area contributed by atoms with Crippen LogP contribution in [0.1, 0.15) is 11.1 Å². The van der Waals surface area contributed by atoms with Gasteiger partial charge >= 0.3 is 6.09 Å². The molecule has 26 heavy (non-hydrogen) atoms. The molecule has 0 aromatic heterocycles. The first-order valence-corrected chi connectivity index (χ1v) is 8.50. The van der Waals surface area contributed by atoms with Gasteiger partial charge in [0.05, 0.1) is 13.2 Å². The zero-order valence-electron chi connectivity index (χ0n) is 14.9. The van der Waals surface area contributed by atoms with Gasteiger partial charge in [0.15, 0.2) is 0 Å². The summed E-state index contributed by atoms with van der Waals surface area (Å²) >= 11 is 0. The summed E-state index contributed by atoms with van der Waals surface area (Å²) in [5.74, 6) is 0.664. The summed E-state index contributed by atoms with van der Waals surface area (Å²) in [6, 6.07) is 17.0. The Morgan fingerprint density at radius 1 is 1.08 bits per heavy atom. The number of ether oxygens (including phenoxy) is 3. The van der Waals surface area contributed by atoms with Gasteiger partial charge in [0, 0.05) is 7.11 Å². The molecule has 0 saturated heterocycles. The summed E-state index contributed by atoms with van der Waals surface area (Å²) in [6.45, 7) is 0.996. The van der Waals surface area contributed by atoms with Crippen LogP contribution in [-0.4, -0.2) is 44.2 Å². The molecule has 0 saturated carbocycles. The molecule has 0 aliphatic rings. The van der Waals surface area contributed by atoms with Crippen LogP contribution in [0.5, 0.6) is 5.75 Å². The number of aliphatic hydroxyl groups excluding tert-OH is 1. The van der Waals surface area contributed by atoms with Gasteiger partial charge in [-0.15, -0.1) is 0 Å². The quantitative estimate of drug-likeness (QED) is 0.682. The fourth-order valence-electron chi connectivity index (χ4n) is 2.20. The number of hydrogen-bond donors (Lipinski definition) is 2. The monoisotopic (exact) mass is 359 g/mol. The van der Waals surface area contributed by atoms with E-state index < -0.39 is 12.2 Å². The Bertz CT molecular complexity index is 645. The molecular weight excluding hydrogens is 334 g/mol. The fraction of sp³-hybridized carbons (Fsp3) is 0.350. The van der Waals surface area contributed by atoms with Crippen molar-refractivity contribution in [3.8, 4) is 5.75 Å². The summed E-state index contributed by atoms with van der Waals surface area (Å²) in [6.07, 6.45) is -0.558. The Hall–Kier alpha value is -2.57. The van der Waals surface area contributed by atoms with E-state index in [1.54, 1.807) is 7.11 Å². The van der Waals surface area contributed by atoms with Crippen LogP contribution in [0.15, 0.2) is 54.6 Å². The molecule has 0 spiro atoms. The molecule has 6 nitrogen and oxygen atoms in total. The zero-order chi connectivity index (χ0) is 18.6. The molecule has 0 aliphatic heterocycles. The number of nitrogens with one attached hydrogen (secondary N) is 1. The van der Waals surface area contributed by atoms with Crippen LogP contribution in [0.4, 0.5) is 4.79 Å². The molecule has 1 unspecified atom stereocenters. The molecule has 2 N–H and O–H groups in total. The highest BCUT2D eigenvalue weighted by Crippen LogP contribution is 2.13. The minimum absolute atomic E-state index is 0.0551. The van der Waals surface area contributed by atoms with Crippen molar-refractivity contribution in [3.63, 3.8) is 0 Å². The number of alkyl carbamates (subject to hydrolysis) is 1. The second kappa shape index (κ2) is 11.1. The second-order valence-electron chi connectivity index (χ2n) is 5.79. The molecule has 0 heterocycles. The summed E-state index contributed by atoms with van der Waals surface area (Å²) < 4.78 is 15.6. The van der Waals surface area contributed by atoms with Crippen molar-refractivity contribution in [1.29, 1.82) is 0 Å². The molecule has 1 atom stereocenters. The third-order valence-electron chi connectivity index (χ3n) is 3.66. The van der Waals surface area contributed by atoms with Gasteiger partial charge in [-0.05, 0) is 29.7 Å². The van der Waals surface area contributed by atoms with Crippen LogP contribution in [0.2, 0.25) is 0 Å². The molecule has 2 aromatic rings. The van der Waals surface area contributed by atoms with Crippen LogP contribution < -0.4 is 10.1 Å². The van der Waals surface area contributed by atoms with E-state index in [4.69, 9.17) is 14.2 Å². The van der Waals surface area contributed by atoms with Gasteiger partial charge in [-0.1, -0.05) is 42.5 Å². The smallest absolute Gasteiger partial charge is 0.407 e. The number of methoxy groups -OCH3 is 1. The molecule has 6 heteroatoms. The van der Waals surface area contributed by atoms with E-state index in [2.05, 4.69) is 5.32 Å². The van der Waals surface area contributed by atoms with E-state index in [9.17, 15) is 9.90 Å². The van der Waals surface area contributed by atoms with E-state index in [0.29, 0.717) is 12.4 Å². The largest absolute Gasteiger partial charge is 0.491 e. The lowest BCUT2D eigenvalue weighted by Crippen LogP contribution is -2.35. The maximum Gasteiger partial charge on any atom is 0.407 e. The van der Waals surface area contributed by atoms with Gasteiger partial charge in [0.25, 0.3) is 0 Å². The van der Waals surface area contributed by atoms with Gasteiger partial charge in [0.2, 0.25) is 0 Å². The molecule has 2 aromatic carbocycles. The summed E-state index contributed by atoms with van der Waals surface area (Å²) in [7, 11) is 1.67. The lowest BCUT2D eigenvalue weighted by atomic mass is 10.1. The first-order valence-electron chi connectivity index (χ1n) is 8.50. The van der Waals surface area contributed by atoms with Crippen molar-refractivity contribution in [2.45, 2.75) is 19.1 Å². The van der Waals surface area contributed by atoms with Crippen molar-refractivity contribution >= 4 is 6.09 Å². The first-order chi connectivity index (χ1) is 12.7. The third-order valence-corrected chi connectivity index (χ3v) is 3.66.